The summed E-state index contributed by atoms with van der Waals surface area (Å²) in [6, 6.07) is 0.819. The summed E-state index contributed by atoms with van der Waals surface area (Å²) in [4.78, 5) is 32.9. The van der Waals surface area contributed by atoms with Crippen molar-refractivity contribution in [1.29, 1.82) is 0 Å². The molecule has 0 aromatic carbocycles. The third-order valence-electron chi connectivity index (χ3n) is 8.86. The molecule has 2 atom stereocenters. The molecule has 4 rings (SSSR count). The Balaban J connectivity index is 1.25. The molecular formula is C23H39N3O2. The molecule has 0 aromatic heterocycles. The van der Waals surface area contributed by atoms with Crippen LogP contribution >= 0.6 is 0 Å². The van der Waals surface area contributed by atoms with Crippen LogP contribution in [-0.2, 0) is 9.59 Å². The van der Waals surface area contributed by atoms with Crippen LogP contribution in [0.3, 0.4) is 0 Å². The fourth-order valence-electron chi connectivity index (χ4n) is 6.36. The molecule has 2 aliphatic heterocycles. The SMILES string of the molecule is CC1(C)[C@@H]2CC[C@]1(C)C(=O)N(CCCN1CCN(C3CCCCC3)CC1)C2=O. The Labute approximate surface area is 170 Å². The fraction of sp³-hybridized carbons (Fsp3) is 0.913. The predicted octanol–water partition coefficient (Wildman–Crippen LogP) is 3.14. The molecule has 0 radical (unpaired) electrons. The van der Waals surface area contributed by atoms with Crippen molar-refractivity contribution in [3.63, 3.8) is 0 Å². The summed E-state index contributed by atoms with van der Waals surface area (Å²) in [5, 5.41) is 0. The second-order valence-corrected chi connectivity index (χ2v) is 10.5. The molecule has 2 saturated carbocycles. The van der Waals surface area contributed by atoms with Crippen molar-refractivity contribution in [2.45, 2.75) is 78.2 Å². The average molecular weight is 390 g/mol. The highest BCUT2D eigenvalue weighted by Crippen LogP contribution is 2.60. The average Bonchev–Trinajstić information content (AvgIpc) is 2.89. The highest BCUT2D eigenvalue weighted by Gasteiger charge is 2.64. The first kappa shape index (κ1) is 20.3. The van der Waals surface area contributed by atoms with Crippen LogP contribution in [0.25, 0.3) is 0 Å². The van der Waals surface area contributed by atoms with Crippen molar-refractivity contribution >= 4 is 11.8 Å². The van der Waals surface area contributed by atoms with Gasteiger partial charge in [-0.2, -0.15) is 0 Å². The maximum absolute atomic E-state index is 13.1. The number of hydrogen-bond acceptors (Lipinski definition) is 4. The minimum atomic E-state index is -0.364. The van der Waals surface area contributed by atoms with Crippen molar-refractivity contribution in [3.8, 4) is 0 Å². The van der Waals surface area contributed by atoms with E-state index in [1.54, 1.807) is 4.90 Å². The number of carbonyl (C=O) groups is 2. The Hall–Kier alpha value is -0.940. The van der Waals surface area contributed by atoms with Gasteiger partial charge in [-0.3, -0.25) is 19.4 Å². The summed E-state index contributed by atoms with van der Waals surface area (Å²) >= 11 is 0. The van der Waals surface area contributed by atoms with E-state index in [2.05, 4.69) is 30.6 Å². The Morgan fingerprint density at radius 1 is 0.893 bits per heavy atom. The van der Waals surface area contributed by atoms with Crippen LogP contribution in [-0.4, -0.2) is 71.8 Å². The third-order valence-corrected chi connectivity index (χ3v) is 8.86. The molecule has 2 amide bonds. The monoisotopic (exact) mass is 389 g/mol. The highest BCUT2D eigenvalue weighted by atomic mass is 16.2. The van der Waals surface area contributed by atoms with Gasteiger partial charge in [-0.05, 0) is 44.1 Å². The summed E-state index contributed by atoms with van der Waals surface area (Å²) in [5.41, 5.74) is -0.565. The smallest absolute Gasteiger partial charge is 0.235 e. The molecule has 4 fully saturated rings. The van der Waals surface area contributed by atoms with E-state index >= 15 is 0 Å². The summed E-state index contributed by atoms with van der Waals surface area (Å²) in [6.45, 7) is 12.5. The molecule has 0 N–H and O–H groups in total. The molecule has 2 bridgehead atoms. The number of hydrogen-bond donors (Lipinski definition) is 0. The standard InChI is InChI=1S/C23H39N3O2/c1-22(2)19-10-11-23(22,3)21(28)26(20(19)27)13-7-12-24-14-16-25(17-15-24)18-8-5-4-6-9-18/h18-19H,4-17H2,1-3H3/t19-,23-/m1/s1. The number of likely N-dealkylation sites (tertiary alicyclic amines) is 1. The molecule has 28 heavy (non-hydrogen) atoms. The number of piperazine rings is 1. The van der Waals surface area contributed by atoms with Gasteiger partial charge in [0.05, 0.1) is 5.41 Å². The largest absolute Gasteiger partial charge is 0.301 e. The van der Waals surface area contributed by atoms with E-state index in [1.807, 2.05) is 0 Å². The summed E-state index contributed by atoms with van der Waals surface area (Å²) < 4.78 is 0. The predicted molar refractivity (Wildman–Crippen MR) is 111 cm³/mol. The lowest BCUT2D eigenvalue weighted by molar-refractivity contribution is -0.167. The molecule has 2 aliphatic carbocycles. The van der Waals surface area contributed by atoms with E-state index < -0.39 is 0 Å². The van der Waals surface area contributed by atoms with Gasteiger partial charge in [0.1, 0.15) is 0 Å². The molecular weight excluding hydrogens is 350 g/mol. The Morgan fingerprint density at radius 3 is 2.25 bits per heavy atom. The van der Waals surface area contributed by atoms with Crippen LogP contribution in [0.15, 0.2) is 0 Å². The summed E-state index contributed by atoms with van der Waals surface area (Å²) in [5.74, 6) is 0.194. The van der Waals surface area contributed by atoms with Gasteiger partial charge in [0.25, 0.3) is 0 Å². The van der Waals surface area contributed by atoms with Crippen molar-refractivity contribution in [1.82, 2.24) is 14.7 Å². The lowest BCUT2D eigenvalue weighted by Gasteiger charge is -2.47. The highest BCUT2D eigenvalue weighted by molar-refractivity contribution is 6.03. The number of fused-ring (bicyclic) bond motifs is 2. The zero-order valence-electron chi connectivity index (χ0n) is 18.2. The van der Waals surface area contributed by atoms with Gasteiger partial charge in [0.2, 0.25) is 11.8 Å². The van der Waals surface area contributed by atoms with E-state index in [4.69, 9.17) is 0 Å². The number of piperidine rings is 1. The molecule has 5 heteroatoms. The minimum Gasteiger partial charge on any atom is -0.301 e. The lowest BCUT2D eigenvalue weighted by atomic mass is 9.62. The molecule has 4 aliphatic rings. The van der Waals surface area contributed by atoms with Gasteiger partial charge in [-0.15, -0.1) is 0 Å². The first-order valence-corrected chi connectivity index (χ1v) is 11.7. The van der Waals surface area contributed by atoms with Crippen LogP contribution in [0.2, 0.25) is 0 Å². The topological polar surface area (TPSA) is 43.9 Å². The maximum atomic E-state index is 13.1. The minimum absolute atomic E-state index is 0.0224. The van der Waals surface area contributed by atoms with Crippen LogP contribution in [0.4, 0.5) is 0 Å². The van der Waals surface area contributed by atoms with Gasteiger partial charge >= 0.3 is 0 Å². The molecule has 5 nitrogen and oxygen atoms in total. The van der Waals surface area contributed by atoms with E-state index in [1.165, 1.54) is 45.2 Å². The fourth-order valence-corrected chi connectivity index (χ4v) is 6.36. The summed E-state index contributed by atoms with van der Waals surface area (Å²) in [7, 11) is 0. The second-order valence-electron chi connectivity index (χ2n) is 10.5. The van der Waals surface area contributed by atoms with Crippen molar-refractivity contribution in [2.75, 3.05) is 39.3 Å². The van der Waals surface area contributed by atoms with E-state index in [9.17, 15) is 9.59 Å². The Kier molecular flexibility index (Phi) is 5.60. The molecule has 158 valence electrons. The van der Waals surface area contributed by atoms with Crippen LogP contribution in [0.5, 0.6) is 0 Å². The lowest BCUT2D eigenvalue weighted by Crippen LogP contribution is -2.59. The van der Waals surface area contributed by atoms with E-state index in [0.717, 1.165) is 44.9 Å². The van der Waals surface area contributed by atoms with Gasteiger partial charge in [0.15, 0.2) is 0 Å². The first-order chi connectivity index (χ1) is 13.3. The quantitative estimate of drug-likeness (QED) is 0.678. The number of rotatable bonds is 5. The Morgan fingerprint density at radius 2 is 1.57 bits per heavy atom. The number of amides is 2. The molecule has 2 heterocycles. The van der Waals surface area contributed by atoms with Crippen molar-refractivity contribution in [2.24, 2.45) is 16.7 Å². The van der Waals surface area contributed by atoms with Crippen LogP contribution in [0, 0.1) is 16.7 Å². The Bertz CT molecular complexity index is 605. The first-order valence-electron chi connectivity index (χ1n) is 11.7. The van der Waals surface area contributed by atoms with Crippen LogP contribution in [0.1, 0.15) is 72.1 Å². The molecule has 0 spiro atoms. The number of imide groups is 1. The molecule has 2 saturated heterocycles. The van der Waals surface area contributed by atoms with Gasteiger partial charge in [0, 0.05) is 44.7 Å². The van der Waals surface area contributed by atoms with Gasteiger partial charge in [-0.1, -0.05) is 40.0 Å². The maximum Gasteiger partial charge on any atom is 0.235 e. The number of nitrogens with zero attached hydrogens (tertiary/aromatic N) is 3. The molecule has 0 unspecified atom stereocenters. The van der Waals surface area contributed by atoms with Crippen LogP contribution < -0.4 is 0 Å². The van der Waals surface area contributed by atoms with Gasteiger partial charge in [-0.25, -0.2) is 0 Å². The third kappa shape index (κ3) is 3.32. The van der Waals surface area contributed by atoms with E-state index in [-0.39, 0.29) is 28.6 Å². The second kappa shape index (κ2) is 7.71. The van der Waals surface area contributed by atoms with Gasteiger partial charge < -0.3 is 4.90 Å². The summed E-state index contributed by atoms with van der Waals surface area (Å²) in [6.07, 6.45) is 9.62. The van der Waals surface area contributed by atoms with E-state index in [0.29, 0.717) is 6.54 Å². The van der Waals surface area contributed by atoms with Crippen molar-refractivity contribution < 1.29 is 9.59 Å². The molecule has 0 aromatic rings. The zero-order valence-corrected chi connectivity index (χ0v) is 18.2. The number of carbonyl (C=O) groups excluding carboxylic acids is 2. The normalized spacial score (nSPS) is 35.0. The zero-order chi connectivity index (χ0) is 19.9. The van der Waals surface area contributed by atoms with Crippen molar-refractivity contribution in [3.05, 3.63) is 0 Å².